The van der Waals surface area contributed by atoms with Crippen molar-refractivity contribution < 1.29 is 40.6 Å². The van der Waals surface area contributed by atoms with Crippen LogP contribution in [0.25, 0.3) is 21.8 Å². The second kappa shape index (κ2) is 19.5. The maximum absolute atomic E-state index is 13.3. The first-order chi connectivity index (χ1) is 32.5. The first-order valence-electron chi connectivity index (χ1n) is 21.7. The third-order valence-electron chi connectivity index (χ3n) is 12.5. The van der Waals surface area contributed by atoms with Crippen molar-refractivity contribution in [3.8, 4) is 0 Å². The average molecular weight is 953 g/mol. The van der Waals surface area contributed by atoms with Gasteiger partial charge in [0.2, 0.25) is 0 Å². The molecule has 0 bridgehead atoms. The number of nitrogen functional groups attached to an aromatic ring is 1. The van der Waals surface area contributed by atoms with E-state index < -0.39 is 35.0 Å². The first-order valence-corrected chi connectivity index (χ1v) is 21.7. The van der Waals surface area contributed by atoms with Gasteiger partial charge in [-0.25, -0.2) is 17.6 Å². The van der Waals surface area contributed by atoms with Gasteiger partial charge >= 0.3 is 6.18 Å². The number of nitro groups is 2. The molecule has 2 N–H and O–H groups in total. The van der Waals surface area contributed by atoms with E-state index in [4.69, 9.17) is 5.73 Å². The minimum Gasteiger partial charge on any atom is -0.398 e. The quantitative estimate of drug-likeness (QED) is 0.0700. The molecule has 9 rings (SSSR count). The van der Waals surface area contributed by atoms with E-state index in [2.05, 4.69) is 11.0 Å². The van der Waals surface area contributed by atoms with Crippen molar-refractivity contribution in [1.82, 2.24) is 9.13 Å². The second-order valence-corrected chi connectivity index (χ2v) is 17.2. The number of aromatic nitrogens is 2. The number of alkyl halides is 3. The Balaban J connectivity index is 0.000000153. The zero-order valence-electron chi connectivity index (χ0n) is 38.4. The number of halogens is 7. The Hall–Kier alpha value is -7.69. The lowest BCUT2D eigenvalue weighted by atomic mass is 10.0. The molecular weight excluding hydrogens is 906 g/mol. The molecule has 1 aliphatic heterocycles. The molecule has 8 aromatic rings. The summed E-state index contributed by atoms with van der Waals surface area (Å²) in [6.07, 6.45) is 0.197. The number of benzene rings is 6. The minimum atomic E-state index is -4.29. The fourth-order valence-electron chi connectivity index (χ4n) is 9.06. The lowest BCUT2D eigenvalue weighted by Gasteiger charge is -2.21. The van der Waals surface area contributed by atoms with Crippen molar-refractivity contribution >= 4 is 44.6 Å². The van der Waals surface area contributed by atoms with Crippen molar-refractivity contribution in [1.29, 1.82) is 0 Å². The molecule has 10 nitrogen and oxygen atoms in total. The Kier molecular flexibility index (Phi) is 13.9. The maximum atomic E-state index is 13.3. The molecule has 2 aromatic heterocycles. The molecule has 69 heavy (non-hydrogen) atoms. The van der Waals surface area contributed by atoms with Gasteiger partial charge in [-0.2, -0.15) is 13.2 Å². The molecule has 0 unspecified atom stereocenters. The molecule has 0 saturated heterocycles. The standard InChI is InChI=1S/C18H19F3N2.2C17H14F2N2O2/c1-11-9-16-15(12(2)17(11)22)7-8-23(16)10-13-3-5-14(6-4-13)18(19,20)21;1-10-5-16-15(11(2)17(10)21(22)23)3-4-20(16)9-12-6-13(18)8-14(19)7-12;1-10-7-16-13(11(2)17(10)21(22)23)5-6-20(16)9-12-3-4-14(18)15(19)8-12/h3-6,9H,7-8,10,22H2,1-2H3;2*3-8H,9H2,1-2H3. The van der Waals surface area contributed by atoms with E-state index in [0.717, 1.165) is 93.2 Å². The van der Waals surface area contributed by atoms with Crippen LogP contribution in [0.5, 0.6) is 0 Å². The van der Waals surface area contributed by atoms with Gasteiger partial charge in [0.05, 0.1) is 15.4 Å². The minimum absolute atomic E-state index is 0.104. The van der Waals surface area contributed by atoms with Crippen LogP contribution in [0.1, 0.15) is 61.2 Å². The second-order valence-electron chi connectivity index (χ2n) is 17.2. The van der Waals surface area contributed by atoms with Crippen molar-refractivity contribution in [2.75, 3.05) is 17.2 Å². The van der Waals surface area contributed by atoms with Gasteiger partial charge in [0, 0.05) is 100 Å². The predicted molar refractivity (Wildman–Crippen MR) is 254 cm³/mol. The average Bonchev–Trinajstić information content (AvgIpc) is 3.98. The summed E-state index contributed by atoms with van der Waals surface area (Å²) in [6, 6.07) is 21.7. The molecule has 358 valence electrons. The fourth-order valence-corrected chi connectivity index (χ4v) is 9.06. The molecule has 6 aromatic carbocycles. The Morgan fingerprint density at radius 3 is 1.58 bits per heavy atom. The Morgan fingerprint density at radius 1 is 0.580 bits per heavy atom. The Bertz CT molecular complexity index is 3270. The van der Waals surface area contributed by atoms with Gasteiger partial charge in [0.1, 0.15) is 11.6 Å². The van der Waals surface area contributed by atoms with E-state index in [0.29, 0.717) is 46.5 Å². The smallest absolute Gasteiger partial charge is 0.398 e. The van der Waals surface area contributed by atoms with Crippen molar-refractivity contribution in [2.24, 2.45) is 0 Å². The zero-order chi connectivity index (χ0) is 50.2. The molecule has 0 saturated carbocycles. The fraction of sp³-hybridized carbons (Fsp3) is 0.231. The van der Waals surface area contributed by atoms with Crippen molar-refractivity contribution in [3.63, 3.8) is 0 Å². The predicted octanol–water partition coefficient (Wildman–Crippen LogP) is 13.5. The van der Waals surface area contributed by atoms with Crippen LogP contribution >= 0.6 is 0 Å². The van der Waals surface area contributed by atoms with Crippen LogP contribution in [0.4, 0.5) is 53.5 Å². The number of aryl methyl sites for hydroxylation is 5. The number of hydrogen-bond acceptors (Lipinski definition) is 6. The summed E-state index contributed by atoms with van der Waals surface area (Å²) in [5.41, 5.74) is 17.0. The Morgan fingerprint density at radius 2 is 1.09 bits per heavy atom. The van der Waals surface area contributed by atoms with E-state index in [1.807, 2.05) is 23.0 Å². The lowest BCUT2D eigenvalue weighted by molar-refractivity contribution is -0.386. The molecule has 0 aliphatic carbocycles. The molecule has 3 heterocycles. The zero-order valence-corrected chi connectivity index (χ0v) is 38.4. The summed E-state index contributed by atoms with van der Waals surface area (Å²) in [6.45, 7) is 12.9. The summed E-state index contributed by atoms with van der Waals surface area (Å²) >= 11 is 0. The summed E-state index contributed by atoms with van der Waals surface area (Å²) in [5.74, 6) is -3.02. The lowest BCUT2D eigenvalue weighted by Crippen LogP contribution is -2.20. The number of hydrogen-bond donors (Lipinski definition) is 1. The van der Waals surface area contributed by atoms with Crippen LogP contribution in [0.3, 0.4) is 0 Å². The summed E-state index contributed by atoms with van der Waals surface area (Å²) in [7, 11) is 0. The molecular formula is C52H47F7N6O4. The molecule has 0 radical (unpaired) electrons. The van der Waals surface area contributed by atoms with Crippen LogP contribution in [-0.2, 0) is 32.2 Å². The highest BCUT2D eigenvalue weighted by atomic mass is 19.4. The summed E-state index contributed by atoms with van der Waals surface area (Å²) in [4.78, 5) is 23.8. The monoisotopic (exact) mass is 952 g/mol. The maximum Gasteiger partial charge on any atom is 0.416 e. The SMILES string of the molecule is Cc1cc2c(c(C)c1N)CCN2Cc1ccc(C(F)(F)F)cc1.Cc1cc2c(ccn2Cc2cc(F)cc(F)c2)c(C)c1[N+](=O)[O-].Cc1cc2c(ccn2Cc2ccc(F)c(F)c2)c(C)c1[N+](=O)[O-]. The number of anilines is 2. The molecule has 0 amide bonds. The third kappa shape index (κ3) is 10.4. The highest BCUT2D eigenvalue weighted by Crippen LogP contribution is 2.38. The number of nitrogens with two attached hydrogens (primary N) is 1. The van der Waals surface area contributed by atoms with Crippen LogP contribution in [0, 0.1) is 85.0 Å². The third-order valence-corrected chi connectivity index (χ3v) is 12.5. The van der Waals surface area contributed by atoms with Crippen molar-refractivity contribution in [3.05, 3.63) is 208 Å². The van der Waals surface area contributed by atoms with Gasteiger partial charge in [-0.05, 0) is 148 Å². The number of nitro benzene ring substituents is 2. The molecule has 0 spiro atoms. The molecule has 1 aliphatic rings. The highest BCUT2D eigenvalue weighted by molar-refractivity contribution is 5.89. The number of fused-ring (bicyclic) bond motifs is 3. The topological polar surface area (TPSA) is 125 Å². The summed E-state index contributed by atoms with van der Waals surface area (Å²) < 4.78 is 94.5. The van der Waals surface area contributed by atoms with Crippen molar-refractivity contribution in [2.45, 2.75) is 73.8 Å². The van der Waals surface area contributed by atoms with Gasteiger partial charge in [0.15, 0.2) is 11.6 Å². The van der Waals surface area contributed by atoms with E-state index in [1.54, 1.807) is 76.5 Å². The van der Waals surface area contributed by atoms with Crippen LogP contribution < -0.4 is 10.6 Å². The van der Waals surface area contributed by atoms with Gasteiger partial charge < -0.3 is 19.8 Å². The highest BCUT2D eigenvalue weighted by Gasteiger charge is 2.30. The molecule has 17 heteroatoms. The van der Waals surface area contributed by atoms with Gasteiger partial charge in [-0.15, -0.1) is 0 Å². The van der Waals surface area contributed by atoms with E-state index in [-0.39, 0.29) is 27.8 Å². The van der Waals surface area contributed by atoms with E-state index >= 15 is 0 Å². The Labute approximate surface area is 392 Å². The van der Waals surface area contributed by atoms with Gasteiger partial charge in [-0.3, -0.25) is 20.2 Å². The van der Waals surface area contributed by atoms with E-state index in [1.165, 1.54) is 23.8 Å². The van der Waals surface area contributed by atoms with Gasteiger partial charge in [0.25, 0.3) is 11.4 Å². The van der Waals surface area contributed by atoms with Crippen LogP contribution in [0.15, 0.2) is 103 Å². The first kappa shape index (κ1) is 49.2. The van der Waals surface area contributed by atoms with Gasteiger partial charge in [-0.1, -0.05) is 18.2 Å². The number of rotatable bonds is 8. The molecule has 0 fully saturated rings. The van der Waals surface area contributed by atoms with Crippen LogP contribution in [-0.4, -0.2) is 25.5 Å². The number of nitrogens with zero attached hydrogens (tertiary/aromatic N) is 5. The largest absolute Gasteiger partial charge is 0.416 e. The summed E-state index contributed by atoms with van der Waals surface area (Å²) in [5, 5.41) is 23.9. The van der Waals surface area contributed by atoms with E-state index in [9.17, 15) is 51.0 Å². The van der Waals surface area contributed by atoms with Crippen LogP contribution in [0.2, 0.25) is 0 Å². The molecule has 0 atom stereocenters. The normalized spacial score (nSPS) is 12.2.